The van der Waals surface area contributed by atoms with Gasteiger partial charge in [0.05, 0.1) is 6.10 Å². The highest BCUT2D eigenvalue weighted by Gasteiger charge is 2.14. The number of rotatable bonds is 5. The van der Waals surface area contributed by atoms with Gasteiger partial charge in [0.1, 0.15) is 0 Å². The molecule has 0 amide bonds. The monoisotopic (exact) mass is 226 g/mol. The highest BCUT2D eigenvalue weighted by Crippen LogP contribution is 2.30. The first-order valence-corrected chi connectivity index (χ1v) is 6.61. The van der Waals surface area contributed by atoms with E-state index in [1.807, 2.05) is 0 Å². The van der Waals surface area contributed by atoms with Gasteiger partial charge in [-0.1, -0.05) is 26.7 Å². The average Bonchev–Trinajstić information content (AvgIpc) is 2.47. The van der Waals surface area contributed by atoms with E-state index < -0.39 is 0 Å². The molecule has 0 saturated carbocycles. The van der Waals surface area contributed by atoms with Gasteiger partial charge in [0.2, 0.25) is 0 Å². The van der Waals surface area contributed by atoms with Crippen LogP contribution in [0.2, 0.25) is 0 Å². The second kappa shape index (κ2) is 5.66. The molecule has 2 atom stereocenters. The molecule has 2 heteroatoms. The van der Waals surface area contributed by atoms with Crippen LogP contribution in [0.3, 0.4) is 0 Å². The lowest BCUT2D eigenvalue weighted by Crippen LogP contribution is -2.02. The summed E-state index contributed by atoms with van der Waals surface area (Å²) in [5, 5.41) is 10.1. The number of aliphatic hydroxyl groups is 1. The molecule has 0 bridgehead atoms. The topological polar surface area (TPSA) is 20.2 Å². The van der Waals surface area contributed by atoms with Crippen LogP contribution in [-0.4, -0.2) is 5.11 Å². The van der Waals surface area contributed by atoms with Crippen molar-refractivity contribution >= 4 is 11.3 Å². The molecule has 1 rings (SSSR count). The van der Waals surface area contributed by atoms with Gasteiger partial charge in [-0.05, 0) is 37.8 Å². The Balaban J connectivity index is 2.56. The summed E-state index contributed by atoms with van der Waals surface area (Å²) < 4.78 is 0. The molecule has 0 aliphatic carbocycles. The van der Waals surface area contributed by atoms with E-state index in [1.54, 1.807) is 11.3 Å². The summed E-state index contributed by atoms with van der Waals surface area (Å²) in [5.74, 6) is 0.618. The zero-order valence-electron chi connectivity index (χ0n) is 10.2. The van der Waals surface area contributed by atoms with Crippen LogP contribution in [0.1, 0.15) is 54.5 Å². The van der Waals surface area contributed by atoms with E-state index in [9.17, 15) is 5.11 Å². The van der Waals surface area contributed by atoms with Crippen molar-refractivity contribution in [2.24, 2.45) is 5.92 Å². The van der Waals surface area contributed by atoms with Crippen molar-refractivity contribution in [2.75, 3.05) is 0 Å². The minimum Gasteiger partial charge on any atom is -0.388 e. The fraction of sp³-hybridized carbons (Fsp3) is 0.692. The molecule has 1 nitrogen and oxygen atoms in total. The molecule has 1 aromatic heterocycles. The first-order valence-electron chi connectivity index (χ1n) is 5.79. The molecule has 1 N–H and O–H groups in total. The van der Waals surface area contributed by atoms with Crippen molar-refractivity contribution in [1.29, 1.82) is 0 Å². The highest BCUT2D eigenvalue weighted by molar-refractivity contribution is 7.12. The average molecular weight is 226 g/mol. The van der Waals surface area contributed by atoms with Crippen molar-refractivity contribution in [3.63, 3.8) is 0 Å². The number of hydrogen-bond donors (Lipinski definition) is 1. The van der Waals surface area contributed by atoms with Gasteiger partial charge < -0.3 is 5.11 Å². The minimum atomic E-state index is -0.260. The van der Waals surface area contributed by atoms with Crippen LogP contribution in [0.5, 0.6) is 0 Å². The Hall–Kier alpha value is -0.340. The first kappa shape index (κ1) is 12.7. The van der Waals surface area contributed by atoms with E-state index in [0.29, 0.717) is 5.92 Å². The predicted octanol–water partition coefficient (Wildman–Crippen LogP) is 4.22. The molecule has 2 unspecified atom stereocenters. The van der Waals surface area contributed by atoms with E-state index >= 15 is 0 Å². The van der Waals surface area contributed by atoms with Gasteiger partial charge in [0.25, 0.3) is 0 Å². The second-order valence-corrected chi connectivity index (χ2v) is 5.82. The standard InChI is InChI=1S/C13H22OS/c1-5-6-9(2)7-12(14)13-8-10(3)11(4)15-13/h8-9,12,14H,5-7H2,1-4H3. The van der Waals surface area contributed by atoms with E-state index in [-0.39, 0.29) is 6.10 Å². The predicted molar refractivity (Wildman–Crippen MR) is 67.4 cm³/mol. The third-order valence-corrected chi connectivity index (χ3v) is 4.17. The summed E-state index contributed by atoms with van der Waals surface area (Å²) in [6, 6.07) is 2.13. The summed E-state index contributed by atoms with van der Waals surface area (Å²) >= 11 is 1.73. The van der Waals surface area contributed by atoms with E-state index in [0.717, 1.165) is 11.3 Å². The van der Waals surface area contributed by atoms with E-state index in [4.69, 9.17) is 0 Å². The highest BCUT2D eigenvalue weighted by atomic mass is 32.1. The maximum atomic E-state index is 10.1. The zero-order valence-corrected chi connectivity index (χ0v) is 11.0. The Morgan fingerprint density at radius 2 is 2.07 bits per heavy atom. The van der Waals surface area contributed by atoms with Gasteiger partial charge in [-0.2, -0.15) is 0 Å². The van der Waals surface area contributed by atoms with Gasteiger partial charge in [-0.3, -0.25) is 0 Å². The number of thiophene rings is 1. The fourth-order valence-electron chi connectivity index (χ4n) is 1.87. The Morgan fingerprint density at radius 1 is 1.40 bits per heavy atom. The summed E-state index contributed by atoms with van der Waals surface area (Å²) in [5.41, 5.74) is 1.30. The SMILES string of the molecule is CCCC(C)CC(O)c1cc(C)c(C)s1. The third-order valence-electron chi connectivity index (χ3n) is 2.92. The van der Waals surface area contributed by atoms with Crippen molar-refractivity contribution in [3.8, 4) is 0 Å². The van der Waals surface area contributed by atoms with Crippen LogP contribution in [0.4, 0.5) is 0 Å². The number of aliphatic hydroxyl groups excluding tert-OH is 1. The Morgan fingerprint density at radius 3 is 2.53 bits per heavy atom. The quantitative estimate of drug-likeness (QED) is 0.797. The first-order chi connectivity index (χ1) is 7.04. The Kier molecular flexibility index (Phi) is 4.81. The normalized spacial score (nSPS) is 15.3. The van der Waals surface area contributed by atoms with Crippen LogP contribution in [0.15, 0.2) is 6.07 Å². The molecular formula is C13H22OS. The zero-order chi connectivity index (χ0) is 11.4. The smallest absolute Gasteiger partial charge is 0.0884 e. The van der Waals surface area contributed by atoms with E-state index in [1.165, 1.54) is 23.3 Å². The van der Waals surface area contributed by atoms with Crippen molar-refractivity contribution in [3.05, 3.63) is 21.4 Å². The molecular weight excluding hydrogens is 204 g/mol. The van der Waals surface area contributed by atoms with Crippen LogP contribution in [0.25, 0.3) is 0 Å². The van der Waals surface area contributed by atoms with Crippen molar-refractivity contribution in [2.45, 2.75) is 53.1 Å². The van der Waals surface area contributed by atoms with Crippen molar-refractivity contribution in [1.82, 2.24) is 0 Å². The lowest BCUT2D eigenvalue weighted by atomic mass is 9.98. The van der Waals surface area contributed by atoms with E-state index in [2.05, 4.69) is 33.8 Å². The van der Waals surface area contributed by atoms with Gasteiger partial charge in [-0.15, -0.1) is 11.3 Å². The molecule has 1 aromatic rings. The van der Waals surface area contributed by atoms with Gasteiger partial charge in [0.15, 0.2) is 0 Å². The molecule has 0 saturated heterocycles. The number of aryl methyl sites for hydroxylation is 2. The molecule has 86 valence electrons. The molecule has 0 aromatic carbocycles. The third kappa shape index (κ3) is 3.62. The van der Waals surface area contributed by atoms with Crippen LogP contribution in [-0.2, 0) is 0 Å². The summed E-state index contributed by atoms with van der Waals surface area (Å²) in [6.45, 7) is 8.64. The lowest BCUT2D eigenvalue weighted by molar-refractivity contribution is 0.148. The number of hydrogen-bond acceptors (Lipinski definition) is 2. The maximum Gasteiger partial charge on any atom is 0.0884 e. The van der Waals surface area contributed by atoms with Gasteiger partial charge in [-0.25, -0.2) is 0 Å². The molecule has 1 heterocycles. The van der Waals surface area contributed by atoms with Crippen LogP contribution < -0.4 is 0 Å². The fourth-order valence-corrected chi connectivity index (χ4v) is 2.92. The van der Waals surface area contributed by atoms with Crippen molar-refractivity contribution < 1.29 is 5.11 Å². The largest absolute Gasteiger partial charge is 0.388 e. The Labute approximate surface area is 97.2 Å². The summed E-state index contributed by atoms with van der Waals surface area (Å²) in [4.78, 5) is 2.46. The summed E-state index contributed by atoms with van der Waals surface area (Å²) in [7, 11) is 0. The molecule has 0 aliphatic heterocycles. The molecule has 0 spiro atoms. The molecule has 0 radical (unpaired) electrons. The Bertz CT molecular complexity index is 284. The van der Waals surface area contributed by atoms with Crippen LogP contribution >= 0.6 is 11.3 Å². The lowest BCUT2D eigenvalue weighted by Gasteiger charge is -2.14. The molecule has 15 heavy (non-hydrogen) atoms. The molecule has 0 aliphatic rings. The second-order valence-electron chi connectivity index (χ2n) is 4.53. The summed E-state index contributed by atoms with van der Waals surface area (Å²) in [6.07, 6.45) is 3.05. The maximum absolute atomic E-state index is 10.1. The van der Waals surface area contributed by atoms with Gasteiger partial charge in [0, 0.05) is 9.75 Å². The minimum absolute atomic E-state index is 0.260. The van der Waals surface area contributed by atoms with Gasteiger partial charge >= 0.3 is 0 Å². The van der Waals surface area contributed by atoms with Crippen LogP contribution in [0, 0.1) is 19.8 Å². The molecule has 0 fully saturated rings.